The molecular weight excluding hydrogens is 324 g/mol. The van der Waals surface area contributed by atoms with E-state index in [1.54, 1.807) is 12.1 Å². The fourth-order valence-electron chi connectivity index (χ4n) is 2.37. The Balaban J connectivity index is 1.86. The van der Waals surface area contributed by atoms with Crippen LogP contribution in [0.2, 0.25) is 0 Å². The molecule has 0 atom stereocenters. The van der Waals surface area contributed by atoms with E-state index in [0.717, 1.165) is 10.1 Å². The van der Waals surface area contributed by atoms with Crippen molar-refractivity contribution < 1.29 is 9.72 Å². The maximum absolute atomic E-state index is 12.5. The molecule has 1 N–H and O–H groups in total. The second-order valence-electron chi connectivity index (χ2n) is 5.55. The number of nitrogens with zero attached hydrogens (tertiary/aromatic N) is 3. The maximum Gasteiger partial charge on any atom is 0.270 e. The molecule has 1 amide bonds. The molecule has 0 unspecified atom stereocenters. The number of aromatic nitrogens is 2. The third kappa shape index (κ3) is 3.52. The molecule has 0 aliphatic carbocycles. The summed E-state index contributed by atoms with van der Waals surface area (Å²) in [7, 11) is 0. The van der Waals surface area contributed by atoms with Gasteiger partial charge in [-0.15, -0.1) is 0 Å². The highest BCUT2D eigenvalue weighted by Crippen LogP contribution is 2.16. The number of hydrogen-bond donors (Lipinski definition) is 1. The summed E-state index contributed by atoms with van der Waals surface area (Å²) in [4.78, 5) is 38.9. The van der Waals surface area contributed by atoms with Gasteiger partial charge in [-0.2, -0.15) is 0 Å². The first kappa shape index (κ1) is 16.3. The van der Waals surface area contributed by atoms with Crippen LogP contribution in [0.1, 0.15) is 5.56 Å². The number of nitrogens with one attached hydrogen (secondary N) is 1. The minimum absolute atomic E-state index is 0.0971. The molecule has 0 radical (unpaired) electrons. The van der Waals surface area contributed by atoms with Crippen LogP contribution in [0.25, 0.3) is 10.9 Å². The van der Waals surface area contributed by atoms with Crippen molar-refractivity contribution in [2.24, 2.45) is 0 Å². The first-order valence-electron chi connectivity index (χ1n) is 7.44. The first-order chi connectivity index (χ1) is 11.9. The summed E-state index contributed by atoms with van der Waals surface area (Å²) in [5.74, 6) is -0.391. The Bertz CT molecular complexity index is 1020. The van der Waals surface area contributed by atoms with E-state index in [2.05, 4.69) is 10.3 Å². The summed E-state index contributed by atoms with van der Waals surface area (Å²) in [6.07, 6.45) is 1.26. The lowest BCUT2D eigenvalue weighted by molar-refractivity contribution is -0.384. The van der Waals surface area contributed by atoms with Gasteiger partial charge in [-0.3, -0.25) is 24.3 Å². The molecule has 0 aliphatic rings. The zero-order chi connectivity index (χ0) is 18.0. The summed E-state index contributed by atoms with van der Waals surface area (Å²) < 4.78 is 1.12. The van der Waals surface area contributed by atoms with Crippen LogP contribution in [0.4, 0.5) is 11.4 Å². The second kappa shape index (κ2) is 6.52. The Morgan fingerprint density at radius 3 is 2.64 bits per heavy atom. The third-order valence-corrected chi connectivity index (χ3v) is 3.67. The van der Waals surface area contributed by atoms with Crippen molar-refractivity contribution in [2.45, 2.75) is 13.5 Å². The van der Waals surface area contributed by atoms with Gasteiger partial charge in [-0.05, 0) is 25.1 Å². The van der Waals surface area contributed by atoms with Crippen LogP contribution in [0.3, 0.4) is 0 Å². The van der Waals surface area contributed by atoms with Crippen molar-refractivity contribution in [3.63, 3.8) is 0 Å². The molecule has 8 nitrogen and oxygen atoms in total. The molecule has 3 rings (SSSR count). The molecule has 8 heteroatoms. The van der Waals surface area contributed by atoms with Crippen molar-refractivity contribution >= 4 is 28.2 Å². The number of carbonyl (C=O) groups excluding carboxylic acids is 1. The van der Waals surface area contributed by atoms with E-state index in [-0.39, 0.29) is 17.6 Å². The van der Waals surface area contributed by atoms with Gasteiger partial charge < -0.3 is 5.32 Å². The zero-order valence-corrected chi connectivity index (χ0v) is 13.3. The summed E-state index contributed by atoms with van der Waals surface area (Å²) in [6.45, 7) is 1.70. The highest BCUT2D eigenvalue weighted by molar-refractivity contribution is 5.90. The topological polar surface area (TPSA) is 107 Å². The highest BCUT2D eigenvalue weighted by Gasteiger charge is 2.12. The minimum Gasteiger partial charge on any atom is -0.325 e. The number of carbonyl (C=O) groups is 1. The quantitative estimate of drug-likeness (QED) is 0.580. The number of hydrogen-bond acceptors (Lipinski definition) is 5. The van der Waals surface area contributed by atoms with E-state index in [1.807, 2.05) is 19.1 Å². The van der Waals surface area contributed by atoms with E-state index in [9.17, 15) is 19.7 Å². The number of fused-ring (bicyclic) bond motifs is 1. The number of rotatable bonds is 4. The van der Waals surface area contributed by atoms with Gasteiger partial charge in [0.1, 0.15) is 6.54 Å². The Labute approximate surface area is 141 Å². The fraction of sp³-hybridized carbons (Fsp3) is 0.118. The molecule has 0 fully saturated rings. The lowest BCUT2D eigenvalue weighted by atomic mass is 10.2. The Morgan fingerprint density at radius 2 is 1.96 bits per heavy atom. The summed E-state index contributed by atoms with van der Waals surface area (Å²) in [6, 6.07) is 11.1. The number of aryl methyl sites for hydroxylation is 1. The summed E-state index contributed by atoms with van der Waals surface area (Å²) in [5, 5.41) is 13.6. The Morgan fingerprint density at radius 1 is 1.24 bits per heavy atom. The highest BCUT2D eigenvalue weighted by atomic mass is 16.6. The standard InChI is InChI=1S/C17H14N4O4/c1-11-2-4-12(5-3-11)19-16(22)9-20-10-18-15-7-6-13(21(24)25)8-14(15)17(20)23/h2-8,10H,9H2,1H3,(H,19,22). The second-order valence-corrected chi connectivity index (χ2v) is 5.55. The van der Waals surface area contributed by atoms with Crippen LogP contribution in [-0.4, -0.2) is 20.4 Å². The van der Waals surface area contributed by atoms with E-state index in [4.69, 9.17) is 0 Å². The summed E-state index contributed by atoms with van der Waals surface area (Å²) in [5.41, 5.74) is 1.31. The molecule has 0 spiro atoms. The number of nitro benzene ring substituents is 1. The predicted octanol–water partition coefficient (Wildman–Crippen LogP) is 2.25. The number of benzene rings is 2. The van der Waals surface area contributed by atoms with E-state index >= 15 is 0 Å². The molecule has 1 heterocycles. The summed E-state index contributed by atoms with van der Waals surface area (Å²) >= 11 is 0. The van der Waals surface area contributed by atoms with Gasteiger partial charge in [-0.1, -0.05) is 17.7 Å². The third-order valence-electron chi connectivity index (χ3n) is 3.67. The largest absolute Gasteiger partial charge is 0.325 e. The number of amides is 1. The lowest BCUT2D eigenvalue weighted by Crippen LogP contribution is -2.27. The van der Waals surface area contributed by atoms with E-state index in [1.165, 1.54) is 24.5 Å². The van der Waals surface area contributed by atoms with Gasteiger partial charge in [0.15, 0.2) is 0 Å². The van der Waals surface area contributed by atoms with Crippen LogP contribution in [0.5, 0.6) is 0 Å². The molecule has 0 saturated carbocycles. The first-order valence-corrected chi connectivity index (χ1v) is 7.44. The van der Waals surface area contributed by atoms with Crippen molar-refractivity contribution in [3.05, 3.63) is 74.8 Å². The van der Waals surface area contributed by atoms with Gasteiger partial charge in [0.05, 0.1) is 22.2 Å². The van der Waals surface area contributed by atoms with E-state index < -0.39 is 16.4 Å². The molecule has 2 aromatic carbocycles. The molecule has 3 aromatic rings. The molecule has 25 heavy (non-hydrogen) atoms. The van der Waals surface area contributed by atoms with E-state index in [0.29, 0.717) is 11.2 Å². The van der Waals surface area contributed by atoms with Gasteiger partial charge in [0, 0.05) is 17.8 Å². The molecule has 0 aliphatic heterocycles. The number of anilines is 1. The van der Waals surface area contributed by atoms with Crippen molar-refractivity contribution in [1.29, 1.82) is 0 Å². The van der Waals surface area contributed by atoms with Crippen molar-refractivity contribution in [3.8, 4) is 0 Å². The molecular formula is C17H14N4O4. The molecule has 0 bridgehead atoms. The minimum atomic E-state index is -0.583. The van der Waals surface area contributed by atoms with Gasteiger partial charge in [-0.25, -0.2) is 4.98 Å². The number of non-ortho nitro benzene ring substituents is 1. The van der Waals surface area contributed by atoms with Gasteiger partial charge in [0.2, 0.25) is 5.91 Å². The normalized spacial score (nSPS) is 10.6. The van der Waals surface area contributed by atoms with Gasteiger partial charge >= 0.3 is 0 Å². The Hall–Kier alpha value is -3.55. The van der Waals surface area contributed by atoms with Crippen molar-refractivity contribution in [1.82, 2.24) is 9.55 Å². The average Bonchev–Trinajstić information content (AvgIpc) is 2.59. The Kier molecular flexibility index (Phi) is 4.25. The predicted molar refractivity (Wildman–Crippen MR) is 92.5 cm³/mol. The zero-order valence-electron chi connectivity index (χ0n) is 13.3. The SMILES string of the molecule is Cc1ccc(NC(=O)Cn2cnc3ccc([N+](=O)[O-])cc3c2=O)cc1. The van der Waals surface area contributed by atoms with Gasteiger partial charge in [0.25, 0.3) is 11.2 Å². The molecule has 126 valence electrons. The van der Waals surface area contributed by atoms with Crippen LogP contribution in [0, 0.1) is 17.0 Å². The van der Waals surface area contributed by atoms with Crippen LogP contribution >= 0.6 is 0 Å². The lowest BCUT2D eigenvalue weighted by Gasteiger charge is -2.08. The maximum atomic E-state index is 12.5. The van der Waals surface area contributed by atoms with Crippen LogP contribution in [-0.2, 0) is 11.3 Å². The monoisotopic (exact) mass is 338 g/mol. The molecule has 1 aromatic heterocycles. The van der Waals surface area contributed by atoms with Crippen molar-refractivity contribution in [2.75, 3.05) is 5.32 Å². The fourth-order valence-corrected chi connectivity index (χ4v) is 2.37. The smallest absolute Gasteiger partial charge is 0.270 e. The van der Waals surface area contributed by atoms with Crippen LogP contribution in [0.15, 0.2) is 53.6 Å². The average molecular weight is 338 g/mol. The molecule has 0 saturated heterocycles. The number of nitro groups is 1. The van der Waals surface area contributed by atoms with Crippen LogP contribution < -0.4 is 10.9 Å².